The second-order valence-corrected chi connectivity index (χ2v) is 5.00. The third-order valence-corrected chi connectivity index (χ3v) is 2.87. The van der Waals surface area contributed by atoms with Crippen LogP contribution in [-0.4, -0.2) is 11.7 Å². The predicted octanol–water partition coefficient (Wildman–Crippen LogP) is 3.17. The van der Waals surface area contributed by atoms with E-state index < -0.39 is 5.41 Å². The number of aliphatic hydroxyl groups is 1. The Hall–Kier alpha value is -0.410. The number of benzene rings is 1. The van der Waals surface area contributed by atoms with Gasteiger partial charge in [-0.15, -0.1) is 0 Å². The fraction of sp³-hybridized carbons (Fsp3) is 0.455. The average Bonchev–Trinajstić information content (AvgIpc) is 2.11. The predicted molar refractivity (Wildman–Crippen MR) is 58.9 cm³/mol. The molecule has 0 aliphatic carbocycles. The van der Waals surface area contributed by atoms with Crippen molar-refractivity contribution in [1.82, 2.24) is 0 Å². The van der Waals surface area contributed by atoms with Crippen molar-refractivity contribution < 1.29 is 9.50 Å². The van der Waals surface area contributed by atoms with E-state index in [9.17, 15) is 9.50 Å². The number of aryl methyl sites for hydroxylation is 1. The zero-order valence-corrected chi connectivity index (χ0v) is 10.2. The highest BCUT2D eigenvalue weighted by molar-refractivity contribution is 9.10. The Morgan fingerprint density at radius 2 is 2.00 bits per heavy atom. The van der Waals surface area contributed by atoms with Gasteiger partial charge in [-0.05, 0) is 40.0 Å². The number of aliphatic hydroxyl groups excluding tert-OH is 1. The Bertz CT molecular complexity index is 347. The van der Waals surface area contributed by atoms with E-state index in [1.807, 2.05) is 20.8 Å². The molecule has 3 heteroatoms. The molecule has 0 aliphatic heterocycles. The van der Waals surface area contributed by atoms with Gasteiger partial charge in [0.2, 0.25) is 0 Å². The van der Waals surface area contributed by atoms with Crippen LogP contribution in [0.15, 0.2) is 16.6 Å². The molecule has 1 aromatic rings. The van der Waals surface area contributed by atoms with Crippen LogP contribution in [0.5, 0.6) is 0 Å². The Kier molecular flexibility index (Phi) is 3.32. The quantitative estimate of drug-likeness (QED) is 0.866. The molecule has 1 N–H and O–H groups in total. The Labute approximate surface area is 92.1 Å². The standard InChI is InChI=1S/C11H14BrFO/c1-7-4-8(11(2,3)6-14)10(13)9(12)5-7/h4-5,14H,6H2,1-3H3. The molecule has 0 amide bonds. The van der Waals surface area contributed by atoms with Gasteiger partial charge in [0.15, 0.2) is 0 Å². The second-order valence-electron chi connectivity index (χ2n) is 4.15. The van der Waals surface area contributed by atoms with E-state index in [2.05, 4.69) is 15.9 Å². The molecule has 0 saturated carbocycles. The molecular formula is C11H14BrFO. The van der Waals surface area contributed by atoms with Gasteiger partial charge in [0.05, 0.1) is 11.1 Å². The average molecular weight is 261 g/mol. The Balaban J connectivity index is 3.34. The lowest BCUT2D eigenvalue weighted by atomic mass is 9.84. The smallest absolute Gasteiger partial charge is 0.141 e. The van der Waals surface area contributed by atoms with Gasteiger partial charge in [-0.1, -0.05) is 19.9 Å². The molecule has 14 heavy (non-hydrogen) atoms. The zero-order chi connectivity index (χ0) is 10.9. The fourth-order valence-electron chi connectivity index (χ4n) is 1.30. The third kappa shape index (κ3) is 2.15. The van der Waals surface area contributed by atoms with Gasteiger partial charge in [0.25, 0.3) is 0 Å². The van der Waals surface area contributed by atoms with E-state index in [0.717, 1.165) is 5.56 Å². The van der Waals surface area contributed by atoms with Crippen LogP contribution in [0.4, 0.5) is 4.39 Å². The highest BCUT2D eigenvalue weighted by Crippen LogP contribution is 2.30. The maximum Gasteiger partial charge on any atom is 0.141 e. The normalized spacial score (nSPS) is 11.9. The van der Waals surface area contributed by atoms with E-state index in [1.54, 1.807) is 12.1 Å². The fourth-order valence-corrected chi connectivity index (χ4v) is 1.88. The van der Waals surface area contributed by atoms with Crippen molar-refractivity contribution in [2.24, 2.45) is 0 Å². The number of rotatable bonds is 2. The van der Waals surface area contributed by atoms with Gasteiger partial charge >= 0.3 is 0 Å². The molecule has 0 fully saturated rings. The summed E-state index contributed by atoms with van der Waals surface area (Å²) in [6, 6.07) is 3.50. The topological polar surface area (TPSA) is 20.2 Å². The molecule has 0 aromatic heterocycles. The molecule has 78 valence electrons. The van der Waals surface area contributed by atoms with Crippen molar-refractivity contribution in [2.45, 2.75) is 26.2 Å². The van der Waals surface area contributed by atoms with E-state index in [1.165, 1.54) is 0 Å². The van der Waals surface area contributed by atoms with Gasteiger partial charge in [-0.25, -0.2) is 4.39 Å². The van der Waals surface area contributed by atoms with Crippen LogP contribution in [0.1, 0.15) is 25.0 Å². The summed E-state index contributed by atoms with van der Waals surface area (Å²) in [4.78, 5) is 0. The van der Waals surface area contributed by atoms with E-state index in [4.69, 9.17) is 0 Å². The molecule has 0 bridgehead atoms. The van der Waals surface area contributed by atoms with Crippen LogP contribution in [0.25, 0.3) is 0 Å². The van der Waals surface area contributed by atoms with Gasteiger partial charge in [-0.2, -0.15) is 0 Å². The highest BCUT2D eigenvalue weighted by Gasteiger charge is 2.24. The number of hydrogen-bond acceptors (Lipinski definition) is 1. The molecule has 1 aromatic carbocycles. The first kappa shape index (κ1) is 11.7. The second kappa shape index (κ2) is 3.99. The lowest BCUT2D eigenvalue weighted by molar-refractivity contribution is 0.215. The van der Waals surface area contributed by atoms with Crippen LogP contribution >= 0.6 is 15.9 Å². The van der Waals surface area contributed by atoms with Crippen LogP contribution in [0.2, 0.25) is 0 Å². The minimum absolute atomic E-state index is 0.0696. The highest BCUT2D eigenvalue weighted by atomic mass is 79.9. The van der Waals surface area contributed by atoms with E-state index >= 15 is 0 Å². The van der Waals surface area contributed by atoms with Crippen molar-refractivity contribution in [3.05, 3.63) is 33.5 Å². The summed E-state index contributed by atoms with van der Waals surface area (Å²) in [5.41, 5.74) is 0.986. The van der Waals surface area contributed by atoms with Crippen molar-refractivity contribution in [3.63, 3.8) is 0 Å². The minimum Gasteiger partial charge on any atom is -0.395 e. The molecule has 0 radical (unpaired) electrons. The summed E-state index contributed by atoms with van der Waals surface area (Å²) in [6.07, 6.45) is 0. The van der Waals surface area contributed by atoms with Crippen molar-refractivity contribution >= 4 is 15.9 Å². The van der Waals surface area contributed by atoms with Crippen LogP contribution in [-0.2, 0) is 5.41 Å². The Morgan fingerprint density at radius 3 is 2.50 bits per heavy atom. The van der Waals surface area contributed by atoms with Crippen LogP contribution < -0.4 is 0 Å². The Morgan fingerprint density at radius 1 is 1.43 bits per heavy atom. The maximum atomic E-state index is 13.7. The first-order valence-electron chi connectivity index (χ1n) is 4.45. The lowest BCUT2D eigenvalue weighted by Crippen LogP contribution is -2.24. The number of halogens is 2. The molecular weight excluding hydrogens is 247 g/mol. The summed E-state index contributed by atoms with van der Waals surface area (Å²) in [5.74, 6) is -0.283. The van der Waals surface area contributed by atoms with Crippen molar-refractivity contribution in [2.75, 3.05) is 6.61 Å². The van der Waals surface area contributed by atoms with Gasteiger partial charge < -0.3 is 5.11 Å². The summed E-state index contributed by atoms with van der Waals surface area (Å²) in [7, 11) is 0. The molecule has 1 nitrogen and oxygen atoms in total. The minimum atomic E-state index is -0.543. The summed E-state index contributed by atoms with van der Waals surface area (Å²) in [6.45, 7) is 5.47. The molecule has 0 spiro atoms. The lowest BCUT2D eigenvalue weighted by Gasteiger charge is -2.23. The van der Waals surface area contributed by atoms with Crippen LogP contribution in [0.3, 0.4) is 0 Å². The van der Waals surface area contributed by atoms with Crippen LogP contribution in [0, 0.1) is 12.7 Å². The molecule has 0 heterocycles. The number of hydrogen-bond donors (Lipinski definition) is 1. The summed E-state index contributed by atoms with van der Waals surface area (Å²) >= 11 is 3.16. The molecule has 0 saturated heterocycles. The maximum absolute atomic E-state index is 13.7. The first-order chi connectivity index (χ1) is 6.38. The summed E-state index contributed by atoms with van der Waals surface area (Å²) in [5, 5.41) is 9.17. The largest absolute Gasteiger partial charge is 0.395 e. The monoisotopic (exact) mass is 260 g/mol. The molecule has 0 unspecified atom stereocenters. The third-order valence-electron chi connectivity index (χ3n) is 2.30. The van der Waals surface area contributed by atoms with E-state index in [0.29, 0.717) is 10.0 Å². The van der Waals surface area contributed by atoms with Gasteiger partial charge in [0.1, 0.15) is 5.82 Å². The molecule has 1 rings (SSSR count). The summed E-state index contributed by atoms with van der Waals surface area (Å²) < 4.78 is 14.2. The van der Waals surface area contributed by atoms with E-state index in [-0.39, 0.29) is 12.4 Å². The van der Waals surface area contributed by atoms with Crippen molar-refractivity contribution in [1.29, 1.82) is 0 Å². The molecule has 0 atom stereocenters. The SMILES string of the molecule is Cc1cc(Br)c(F)c(C(C)(C)CO)c1. The molecule has 0 aliphatic rings. The van der Waals surface area contributed by atoms with Gasteiger partial charge in [-0.3, -0.25) is 0 Å². The zero-order valence-electron chi connectivity index (χ0n) is 8.56. The first-order valence-corrected chi connectivity index (χ1v) is 5.25. The van der Waals surface area contributed by atoms with Gasteiger partial charge in [0, 0.05) is 5.41 Å². The van der Waals surface area contributed by atoms with Crippen molar-refractivity contribution in [3.8, 4) is 0 Å².